The first-order chi connectivity index (χ1) is 42.5. The molecule has 3 aromatic heterocycles. The van der Waals surface area contributed by atoms with Crippen LogP contribution in [0.3, 0.4) is 0 Å². The minimum absolute atomic E-state index is 0.0206. The zero-order chi connectivity index (χ0) is 64.0. The molecule has 0 unspecified atom stereocenters. The second-order valence-electron chi connectivity index (χ2n) is 26.1. The van der Waals surface area contributed by atoms with Crippen LogP contribution in [0, 0.1) is 0 Å². The number of rotatable bonds is 8. The molecule has 82 heavy (non-hydrogen) atoms. The number of para-hydroxylation sites is 2. The van der Waals surface area contributed by atoms with E-state index < -0.39 is 24.2 Å². The van der Waals surface area contributed by atoms with Crippen molar-refractivity contribution >= 4 is 66.4 Å². The molecule has 0 saturated carbocycles. The van der Waals surface area contributed by atoms with Crippen molar-refractivity contribution in [3.8, 4) is 45.3 Å². The van der Waals surface area contributed by atoms with Gasteiger partial charge in [0, 0.05) is 62.5 Å². The van der Waals surface area contributed by atoms with Gasteiger partial charge in [-0.15, -0.1) is 0 Å². The Morgan fingerprint density at radius 3 is 1.73 bits per heavy atom. The average molecular weight is 1080 g/mol. The number of aromatic nitrogens is 3. The molecular formula is C76H73N5O. The van der Waals surface area contributed by atoms with Gasteiger partial charge in [-0.25, -0.2) is 4.98 Å². The van der Waals surface area contributed by atoms with Crippen molar-refractivity contribution in [2.24, 2.45) is 0 Å². The highest BCUT2D eigenvalue weighted by atomic mass is 16.5. The van der Waals surface area contributed by atoms with Crippen LogP contribution in [-0.4, -0.2) is 20.8 Å². The first-order valence-corrected chi connectivity index (χ1v) is 28.4. The molecule has 13 rings (SSSR count). The molecule has 408 valence electrons. The van der Waals surface area contributed by atoms with Gasteiger partial charge < -0.3 is 19.1 Å². The van der Waals surface area contributed by atoms with Crippen molar-refractivity contribution in [2.45, 2.75) is 105 Å². The van der Waals surface area contributed by atoms with Crippen molar-refractivity contribution in [1.82, 2.24) is 14.1 Å². The Morgan fingerprint density at radius 1 is 0.402 bits per heavy atom. The fourth-order valence-electron chi connectivity index (χ4n) is 11.7. The van der Waals surface area contributed by atoms with Gasteiger partial charge in [0.1, 0.15) is 24.0 Å². The quantitative estimate of drug-likeness (QED) is 0.152. The Labute approximate surface area is 495 Å². The van der Waals surface area contributed by atoms with Crippen molar-refractivity contribution in [2.75, 3.05) is 16.5 Å². The Bertz CT molecular complexity index is 4830. The third kappa shape index (κ3) is 9.38. The lowest BCUT2D eigenvalue weighted by atomic mass is 9.80. The molecule has 6 heteroatoms. The van der Waals surface area contributed by atoms with Crippen LogP contribution < -0.4 is 14.5 Å². The molecule has 9 aromatic carbocycles. The van der Waals surface area contributed by atoms with Gasteiger partial charge in [-0.05, 0) is 145 Å². The van der Waals surface area contributed by atoms with E-state index in [4.69, 9.17) is 17.9 Å². The van der Waals surface area contributed by atoms with Crippen LogP contribution in [0.25, 0.3) is 77.4 Å². The minimum Gasteiger partial charge on any atom is -0.457 e. The van der Waals surface area contributed by atoms with Crippen molar-refractivity contribution in [3.63, 3.8) is 0 Å². The normalized spacial score (nSPS) is 14.6. The zero-order valence-corrected chi connectivity index (χ0v) is 48.9. The predicted octanol–water partition coefficient (Wildman–Crippen LogP) is 20.8. The van der Waals surface area contributed by atoms with Gasteiger partial charge in [-0.1, -0.05) is 192 Å². The summed E-state index contributed by atoms with van der Waals surface area (Å²) in [6.07, 6.45) is 1.97. The summed E-state index contributed by atoms with van der Waals surface area (Å²) in [4.78, 5) is 10.1. The summed E-state index contributed by atoms with van der Waals surface area (Å²) in [5, 5.41) is 1.63. The van der Waals surface area contributed by atoms with Gasteiger partial charge in [0.05, 0.1) is 44.4 Å². The van der Waals surface area contributed by atoms with E-state index in [-0.39, 0.29) is 67.6 Å². The van der Waals surface area contributed by atoms with Gasteiger partial charge in [-0.2, -0.15) is 0 Å². The molecule has 0 N–H and O–H groups in total. The standard InChI is InChI=1S/C76H73N5O/c1-73(2,3)52-25-20-24-51(38-52)64-47-77-72(46-65(64)76(10,11)12)81-68-37-33-56(80-66-30-18-16-28-60(66)61-29-17-19-31-67(61)80)44-63(68)62-35-34-59(45-70(62)81)82-58-27-21-26-55(43-58)78-48-79(57-41-53(74(4,5)6)40-54(42-57)75(7,8)9)69-36-32-50(39-71(69)78)49-22-14-13-15-23-49/h13-47H,48H2,1-12H3/i16D,17D,18D,19D,28D,29D,30D,31D. The lowest BCUT2D eigenvalue weighted by molar-refractivity contribution is 0.483. The van der Waals surface area contributed by atoms with Crippen molar-refractivity contribution in [1.29, 1.82) is 0 Å². The number of anilines is 4. The SMILES string of the molecule is [2H]c1c([2H])c([2H])c2c(c1[2H])c1c([2H])c([2H])c([2H])c([2H])c1n2-c1ccc2c(c1)c1ccc(Oc3cccc(N4CN(c5cc(C(C)(C)C)cc(C(C)(C)C)c5)c5ccc(-c6ccccc6)cc54)c3)cc1n2-c1cc(C(C)(C)C)c(-c2cccc(C(C)(C)C)c2)cn1. The summed E-state index contributed by atoms with van der Waals surface area (Å²) in [6, 6.07) is 51.7. The van der Waals surface area contributed by atoms with E-state index in [1.165, 1.54) is 16.7 Å². The van der Waals surface area contributed by atoms with Crippen LogP contribution in [0.1, 0.15) is 116 Å². The Morgan fingerprint density at radius 2 is 1.05 bits per heavy atom. The van der Waals surface area contributed by atoms with Crippen LogP contribution in [0.2, 0.25) is 0 Å². The summed E-state index contributed by atoms with van der Waals surface area (Å²) in [6.45, 7) is 27.5. The number of fused-ring (bicyclic) bond motifs is 7. The van der Waals surface area contributed by atoms with E-state index in [0.29, 0.717) is 29.7 Å². The van der Waals surface area contributed by atoms with Crippen molar-refractivity contribution in [3.05, 3.63) is 235 Å². The van der Waals surface area contributed by atoms with E-state index in [1.54, 1.807) is 4.57 Å². The van der Waals surface area contributed by atoms with Crippen molar-refractivity contribution < 1.29 is 15.7 Å². The number of hydrogen-bond donors (Lipinski definition) is 0. The van der Waals surface area contributed by atoms with Gasteiger partial charge >= 0.3 is 0 Å². The van der Waals surface area contributed by atoms with Crippen LogP contribution in [0.15, 0.2) is 212 Å². The molecule has 0 fully saturated rings. The average Bonchev–Trinajstić information content (AvgIpc) is 1.57. The zero-order valence-electron chi connectivity index (χ0n) is 56.9. The largest absolute Gasteiger partial charge is 0.457 e. The van der Waals surface area contributed by atoms with E-state index in [9.17, 15) is 2.74 Å². The second-order valence-corrected chi connectivity index (χ2v) is 26.1. The second kappa shape index (κ2) is 19.4. The van der Waals surface area contributed by atoms with Gasteiger partial charge in [-0.3, -0.25) is 4.57 Å². The number of pyridine rings is 1. The molecule has 1 aliphatic rings. The first-order valence-electron chi connectivity index (χ1n) is 32.4. The summed E-state index contributed by atoms with van der Waals surface area (Å²) in [7, 11) is 0. The highest BCUT2D eigenvalue weighted by Gasteiger charge is 2.32. The number of hydrogen-bond acceptors (Lipinski definition) is 4. The van der Waals surface area contributed by atoms with Gasteiger partial charge in [0.25, 0.3) is 0 Å². The minimum atomic E-state index is -0.491. The van der Waals surface area contributed by atoms with Gasteiger partial charge in [0.2, 0.25) is 0 Å². The van der Waals surface area contributed by atoms with Crippen LogP contribution >= 0.6 is 0 Å². The lowest BCUT2D eigenvalue weighted by Crippen LogP contribution is -2.25. The molecule has 6 nitrogen and oxygen atoms in total. The molecule has 1 aliphatic heterocycles. The van der Waals surface area contributed by atoms with Gasteiger partial charge in [0.15, 0.2) is 0 Å². The number of ether oxygens (including phenoxy) is 1. The third-order valence-corrected chi connectivity index (χ3v) is 16.3. The molecule has 0 amide bonds. The topological polar surface area (TPSA) is 38.5 Å². The maximum Gasteiger partial charge on any atom is 0.137 e. The van der Waals surface area contributed by atoms with E-state index in [1.807, 2.05) is 60.8 Å². The molecule has 0 aliphatic carbocycles. The molecular weight excluding hydrogens is 999 g/mol. The smallest absolute Gasteiger partial charge is 0.137 e. The monoisotopic (exact) mass is 1080 g/mol. The summed E-state index contributed by atoms with van der Waals surface area (Å²) >= 11 is 0. The number of nitrogens with zero attached hydrogens (tertiary/aromatic N) is 5. The van der Waals surface area contributed by atoms with E-state index >= 15 is 0 Å². The fourth-order valence-corrected chi connectivity index (χ4v) is 11.7. The molecule has 12 aromatic rings. The summed E-state index contributed by atoms with van der Waals surface area (Å²) in [5.41, 5.74) is 15.1. The van der Waals surface area contributed by atoms with Crippen LogP contribution in [-0.2, 0) is 21.7 Å². The molecule has 0 saturated heterocycles. The lowest BCUT2D eigenvalue weighted by Gasteiger charge is -2.29. The summed E-state index contributed by atoms with van der Waals surface area (Å²) in [5.74, 6) is 1.88. The molecule has 0 bridgehead atoms. The maximum absolute atomic E-state index is 9.29. The Kier molecular flexibility index (Phi) is 10.4. The highest BCUT2D eigenvalue weighted by molar-refractivity contribution is 6.12. The Hall–Kier alpha value is -8.87. The highest BCUT2D eigenvalue weighted by Crippen LogP contribution is 2.49. The van der Waals surface area contributed by atoms with Crippen LogP contribution in [0.5, 0.6) is 11.5 Å². The fraction of sp³-hybridized carbons (Fsp3) is 0.224. The van der Waals surface area contributed by atoms with Crippen LogP contribution in [0.4, 0.5) is 22.7 Å². The van der Waals surface area contributed by atoms with E-state index in [2.05, 4.69) is 201 Å². The predicted molar refractivity (Wildman–Crippen MR) is 347 cm³/mol. The third-order valence-electron chi connectivity index (χ3n) is 16.3. The first kappa shape index (κ1) is 43.9. The molecule has 0 spiro atoms. The Balaban J connectivity index is 0.980. The molecule has 4 heterocycles. The summed E-state index contributed by atoms with van der Waals surface area (Å²) < 4.78 is 82.4. The maximum atomic E-state index is 9.29. The van der Waals surface area contributed by atoms with E-state index in [0.717, 1.165) is 72.4 Å². The molecule has 0 atom stereocenters. The molecule has 0 radical (unpaired) electrons. The number of benzene rings is 9.